The molecule has 1 aromatic rings. The first-order valence-electron chi connectivity index (χ1n) is 11.9. The Bertz CT molecular complexity index is 695. The van der Waals surface area contributed by atoms with Crippen LogP contribution in [0.15, 0.2) is 30.9 Å². The van der Waals surface area contributed by atoms with Crippen molar-refractivity contribution < 1.29 is 8.78 Å². The van der Waals surface area contributed by atoms with E-state index in [1.807, 2.05) is 12.1 Å². The maximum atomic E-state index is 14.7. The van der Waals surface area contributed by atoms with Crippen molar-refractivity contribution in [1.29, 1.82) is 0 Å². The molecule has 1 atom stereocenters. The van der Waals surface area contributed by atoms with Gasteiger partial charge in [0.2, 0.25) is 0 Å². The molecule has 1 saturated carbocycles. The molecule has 0 amide bonds. The van der Waals surface area contributed by atoms with E-state index >= 15 is 0 Å². The number of unbranched alkanes of at least 4 members (excludes halogenated alkanes) is 2. The van der Waals surface area contributed by atoms with Gasteiger partial charge in [-0.25, -0.2) is 8.78 Å². The molecule has 2 aliphatic carbocycles. The summed E-state index contributed by atoms with van der Waals surface area (Å²) < 4.78 is 29.1. The van der Waals surface area contributed by atoms with Crippen LogP contribution in [-0.4, -0.2) is 0 Å². The van der Waals surface area contributed by atoms with E-state index in [1.165, 1.54) is 38.5 Å². The maximum absolute atomic E-state index is 14.7. The molecule has 2 heteroatoms. The maximum Gasteiger partial charge on any atom is 0.166 e. The lowest BCUT2D eigenvalue weighted by atomic mass is 9.70. The molecule has 0 heterocycles. The van der Waals surface area contributed by atoms with Crippen molar-refractivity contribution in [3.8, 4) is 0 Å². The molecule has 2 aliphatic rings. The van der Waals surface area contributed by atoms with Gasteiger partial charge in [0.05, 0.1) is 0 Å². The summed E-state index contributed by atoms with van der Waals surface area (Å²) in [6.07, 6.45) is 19.0. The highest BCUT2D eigenvalue weighted by atomic mass is 19.2. The van der Waals surface area contributed by atoms with Gasteiger partial charge in [0.1, 0.15) is 0 Å². The topological polar surface area (TPSA) is 0 Å². The van der Waals surface area contributed by atoms with Gasteiger partial charge in [-0.3, -0.25) is 0 Å². The fraction of sp³-hybridized carbons (Fsp3) is 0.630. The van der Waals surface area contributed by atoms with Crippen molar-refractivity contribution >= 4 is 5.57 Å². The Morgan fingerprint density at radius 1 is 1.00 bits per heavy atom. The van der Waals surface area contributed by atoms with Crippen LogP contribution in [-0.2, 0) is 6.42 Å². The molecule has 160 valence electrons. The van der Waals surface area contributed by atoms with Crippen molar-refractivity contribution in [3.63, 3.8) is 0 Å². The van der Waals surface area contributed by atoms with E-state index in [-0.39, 0.29) is 0 Å². The lowest BCUT2D eigenvalue weighted by Crippen LogP contribution is -2.23. The van der Waals surface area contributed by atoms with E-state index in [4.69, 9.17) is 0 Å². The van der Waals surface area contributed by atoms with Gasteiger partial charge in [-0.1, -0.05) is 56.9 Å². The number of hydrogen-bond donors (Lipinski definition) is 0. The van der Waals surface area contributed by atoms with Crippen LogP contribution >= 0.6 is 0 Å². The first-order valence-corrected chi connectivity index (χ1v) is 11.9. The first kappa shape index (κ1) is 22.2. The quantitative estimate of drug-likeness (QED) is 0.287. The van der Waals surface area contributed by atoms with E-state index in [0.717, 1.165) is 61.9 Å². The van der Waals surface area contributed by atoms with Crippen LogP contribution in [0.25, 0.3) is 5.57 Å². The minimum Gasteiger partial charge on any atom is -0.203 e. The second-order valence-electron chi connectivity index (χ2n) is 9.27. The van der Waals surface area contributed by atoms with Crippen LogP contribution in [0.3, 0.4) is 0 Å². The van der Waals surface area contributed by atoms with Gasteiger partial charge in [-0.2, -0.15) is 0 Å². The summed E-state index contributed by atoms with van der Waals surface area (Å²) in [5.41, 5.74) is 2.03. The fourth-order valence-electron chi connectivity index (χ4n) is 5.42. The molecule has 29 heavy (non-hydrogen) atoms. The van der Waals surface area contributed by atoms with Gasteiger partial charge in [0, 0.05) is 5.56 Å². The third kappa shape index (κ3) is 5.80. The number of allylic oxidation sites excluding steroid dienone is 3. The lowest BCUT2D eigenvalue weighted by Gasteiger charge is -2.35. The average Bonchev–Trinajstić information content (AvgIpc) is 2.76. The van der Waals surface area contributed by atoms with E-state index in [1.54, 1.807) is 6.07 Å². The largest absolute Gasteiger partial charge is 0.203 e. The summed E-state index contributed by atoms with van der Waals surface area (Å²) in [6.45, 7) is 5.89. The standard InChI is InChI=1S/C27H38F2/c1-3-5-7-8-20-10-12-21(13-11-20)22-14-16-23(17-15-22)25-19-18-24(9-6-4-2)26(28)27(25)29/h3,16,18-22H,1,4-15,17H2,2H3. The molecule has 0 N–H and O–H groups in total. The molecule has 0 saturated heterocycles. The summed E-state index contributed by atoms with van der Waals surface area (Å²) in [4.78, 5) is 0. The Balaban J connectivity index is 1.55. The van der Waals surface area contributed by atoms with Gasteiger partial charge < -0.3 is 0 Å². The molecular formula is C27H38F2. The molecule has 0 radical (unpaired) electrons. The highest BCUT2D eigenvalue weighted by Crippen LogP contribution is 2.42. The van der Waals surface area contributed by atoms with Crippen molar-refractivity contribution in [2.24, 2.45) is 17.8 Å². The lowest BCUT2D eigenvalue weighted by molar-refractivity contribution is 0.188. The predicted molar refractivity (Wildman–Crippen MR) is 120 cm³/mol. The Hall–Kier alpha value is -1.44. The number of halogens is 2. The van der Waals surface area contributed by atoms with Crippen molar-refractivity contribution in [1.82, 2.24) is 0 Å². The van der Waals surface area contributed by atoms with Gasteiger partial charge in [-0.05, 0) is 86.7 Å². The SMILES string of the molecule is C=CCCCC1CCC(C2CC=C(c3ccc(CCCC)c(F)c3F)CC2)CC1. The smallest absolute Gasteiger partial charge is 0.166 e. The molecule has 1 aromatic carbocycles. The van der Waals surface area contributed by atoms with Gasteiger partial charge in [0.15, 0.2) is 11.6 Å². The zero-order valence-electron chi connectivity index (χ0n) is 18.2. The van der Waals surface area contributed by atoms with Crippen LogP contribution < -0.4 is 0 Å². The second-order valence-corrected chi connectivity index (χ2v) is 9.27. The second kappa shape index (κ2) is 11.1. The molecule has 0 spiro atoms. The van der Waals surface area contributed by atoms with Gasteiger partial charge >= 0.3 is 0 Å². The average molecular weight is 401 g/mol. The predicted octanol–water partition coefficient (Wildman–Crippen LogP) is 8.65. The van der Waals surface area contributed by atoms with E-state index in [0.29, 0.717) is 17.5 Å². The number of hydrogen-bond acceptors (Lipinski definition) is 0. The minimum atomic E-state index is -0.636. The monoisotopic (exact) mass is 400 g/mol. The molecule has 1 unspecified atom stereocenters. The third-order valence-electron chi connectivity index (χ3n) is 7.34. The zero-order chi connectivity index (χ0) is 20.6. The van der Waals surface area contributed by atoms with Crippen molar-refractivity contribution in [2.45, 2.75) is 90.4 Å². The summed E-state index contributed by atoms with van der Waals surface area (Å²) in [6, 6.07) is 3.61. The number of aryl methyl sites for hydroxylation is 1. The first-order chi connectivity index (χ1) is 14.1. The molecule has 0 aromatic heterocycles. The van der Waals surface area contributed by atoms with E-state index < -0.39 is 11.6 Å². The molecule has 1 fully saturated rings. The van der Waals surface area contributed by atoms with E-state index in [2.05, 4.69) is 19.6 Å². The molecular weight excluding hydrogens is 362 g/mol. The Morgan fingerprint density at radius 3 is 2.45 bits per heavy atom. The third-order valence-corrected chi connectivity index (χ3v) is 7.34. The number of rotatable bonds is 9. The summed E-state index contributed by atoms with van der Waals surface area (Å²) in [5.74, 6) is 1.19. The van der Waals surface area contributed by atoms with Crippen molar-refractivity contribution in [3.05, 3.63) is 53.6 Å². The fourth-order valence-corrected chi connectivity index (χ4v) is 5.42. The summed E-state index contributed by atoms with van der Waals surface area (Å²) in [7, 11) is 0. The van der Waals surface area contributed by atoms with E-state index in [9.17, 15) is 8.78 Å². The highest BCUT2D eigenvalue weighted by Gasteiger charge is 2.29. The molecule has 0 nitrogen and oxygen atoms in total. The Kier molecular flexibility index (Phi) is 8.51. The van der Waals surface area contributed by atoms with Gasteiger partial charge in [-0.15, -0.1) is 6.58 Å². The van der Waals surface area contributed by atoms with Crippen molar-refractivity contribution in [2.75, 3.05) is 0 Å². The number of benzene rings is 1. The molecule has 3 rings (SSSR count). The van der Waals surface area contributed by atoms with Crippen LogP contribution in [0.1, 0.15) is 95.1 Å². The molecule has 0 bridgehead atoms. The van der Waals surface area contributed by atoms with Gasteiger partial charge in [0.25, 0.3) is 0 Å². The Morgan fingerprint density at radius 2 is 1.79 bits per heavy atom. The zero-order valence-corrected chi connectivity index (χ0v) is 18.2. The van der Waals surface area contributed by atoms with Crippen LogP contribution in [0, 0.1) is 29.4 Å². The summed E-state index contributed by atoms with van der Waals surface area (Å²) in [5, 5.41) is 0. The minimum absolute atomic E-state index is 0.493. The highest BCUT2D eigenvalue weighted by molar-refractivity contribution is 5.67. The van der Waals surface area contributed by atoms with Crippen LogP contribution in [0.2, 0.25) is 0 Å². The molecule has 0 aliphatic heterocycles. The normalized spacial score (nSPS) is 24.9. The summed E-state index contributed by atoms with van der Waals surface area (Å²) >= 11 is 0. The van der Waals surface area contributed by atoms with Crippen LogP contribution in [0.5, 0.6) is 0 Å². The Labute approximate surface area is 176 Å². The van der Waals surface area contributed by atoms with Crippen LogP contribution in [0.4, 0.5) is 8.78 Å².